The second kappa shape index (κ2) is 5.78. The van der Waals surface area contributed by atoms with Gasteiger partial charge in [0.1, 0.15) is 0 Å². The SMILES string of the molecule is CCC(O)C(CO)Cc1ccccc1. The summed E-state index contributed by atoms with van der Waals surface area (Å²) in [6.45, 7) is 1.97. The minimum Gasteiger partial charge on any atom is -0.396 e. The smallest absolute Gasteiger partial charge is 0.0590 e. The maximum atomic E-state index is 9.62. The molecule has 2 nitrogen and oxygen atoms in total. The van der Waals surface area contributed by atoms with E-state index in [9.17, 15) is 5.11 Å². The number of hydrogen-bond acceptors (Lipinski definition) is 2. The highest BCUT2D eigenvalue weighted by atomic mass is 16.3. The molecule has 0 fully saturated rings. The topological polar surface area (TPSA) is 40.5 Å². The van der Waals surface area contributed by atoms with Gasteiger partial charge in [-0.2, -0.15) is 0 Å². The summed E-state index contributed by atoms with van der Waals surface area (Å²) in [6, 6.07) is 9.95. The van der Waals surface area contributed by atoms with Crippen LogP contribution in [0, 0.1) is 5.92 Å². The summed E-state index contributed by atoms with van der Waals surface area (Å²) in [5.41, 5.74) is 1.17. The van der Waals surface area contributed by atoms with Crippen molar-refractivity contribution in [1.82, 2.24) is 0 Å². The third-order valence-corrected chi connectivity index (χ3v) is 2.54. The van der Waals surface area contributed by atoms with E-state index in [0.717, 1.165) is 6.42 Å². The zero-order chi connectivity index (χ0) is 10.4. The largest absolute Gasteiger partial charge is 0.396 e. The number of benzene rings is 1. The van der Waals surface area contributed by atoms with Gasteiger partial charge in [-0.15, -0.1) is 0 Å². The predicted octanol–water partition coefficient (Wildman–Crippen LogP) is 1.61. The molecule has 0 heterocycles. The van der Waals surface area contributed by atoms with Gasteiger partial charge in [0, 0.05) is 12.5 Å². The summed E-state index contributed by atoms with van der Waals surface area (Å²) in [5, 5.41) is 18.7. The molecule has 0 saturated heterocycles. The van der Waals surface area contributed by atoms with Crippen LogP contribution in [-0.4, -0.2) is 22.9 Å². The molecule has 0 aliphatic carbocycles. The Bertz CT molecular complexity index is 246. The summed E-state index contributed by atoms with van der Waals surface area (Å²) >= 11 is 0. The lowest BCUT2D eigenvalue weighted by Gasteiger charge is -2.19. The van der Waals surface area contributed by atoms with Crippen LogP contribution >= 0.6 is 0 Å². The Morgan fingerprint density at radius 1 is 1.21 bits per heavy atom. The van der Waals surface area contributed by atoms with E-state index in [0.29, 0.717) is 6.42 Å². The van der Waals surface area contributed by atoms with Gasteiger partial charge in [-0.1, -0.05) is 37.3 Å². The summed E-state index contributed by atoms with van der Waals surface area (Å²) in [6.07, 6.45) is 1.03. The fraction of sp³-hybridized carbons (Fsp3) is 0.500. The second-order valence-corrected chi connectivity index (χ2v) is 3.61. The highest BCUT2D eigenvalue weighted by Crippen LogP contribution is 2.14. The molecular formula is C12H18O2. The average molecular weight is 194 g/mol. The van der Waals surface area contributed by atoms with Gasteiger partial charge < -0.3 is 10.2 Å². The minimum atomic E-state index is -0.403. The number of hydrogen-bond donors (Lipinski definition) is 2. The van der Waals surface area contributed by atoms with Crippen molar-refractivity contribution in [3.63, 3.8) is 0 Å². The summed E-state index contributed by atoms with van der Waals surface area (Å²) < 4.78 is 0. The molecule has 1 rings (SSSR count). The average Bonchev–Trinajstić information content (AvgIpc) is 2.26. The molecule has 0 saturated carbocycles. The molecule has 0 bridgehead atoms. The van der Waals surface area contributed by atoms with Crippen molar-refractivity contribution in [2.75, 3.05) is 6.61 Å². The molecule has 2 N–H and O–H groups in total. The van der Waals surface area contributed by atoms with Crippen molar-refractivity contribution in [2.24, 2.45) is 5.92 Å². The van der Waals surface area contributed by atoms with Crippen LogP contribution in [0.3, 0.4) is 0 Å². The van der Waals surface area contributed by atoms with E-state index < -0.39 is 6.10 Å². The van der Waals surface area contributed by atoms with Crippen LogP contribution in [0.1, 0.15) is 18.9 Å². The van der Waals surface area contributed by atoms with E-state index in [2.05, 4.69) is 0 Å². The molecule has 1 aromatic carbocycles. The lowest BCUT2D eigenvalue weighted by atomic mass is 9.93. The predicted molar refractivity (Wildman–Crippen MR) is 57.0 cm³/mol. The Morgan fingerprint density at radius 2 is 1.86 bits per heavy atom. The Kier molecular flexibility index (Phi) is 4.63. The fourth-order valence-corrected chi connectivity index (χ4v) is 1.57. The first-order valence-corrected chi connectivity index (χ1v) is 5.10. The minimum absolute atomic E-state index is 0.0394. The standard InChI is InChI=1S/C12H18O2/c1-2-12(14)11(9-13)8-10-6-4-3-5-7-10/h3-7,11-14H,2,8-9H2,1H3. The maximum Gasteiger partial charge on any atom is 0.0590 e. The van der Waals surface area contributed by atoms with Crippen LogP contribution in [0.2, 0.25) is 0 Å². The second-order valence-electron chi connectivity index (χ2n) is 3.61. The van der Waals surface area contributed by atoms with Crippen LogP contribution in [0.15, 0.2) is 30.3 Å². The van der Waals surface area contributed by atoms with Gasteiger partial charge in [-0.25, -0.2) is 0 Å². The molecular weight excluding hydrogens is 176 g/mol. The lowest BCUT2D eigenvalue weighted by molar-refractivity contribution is 0.0646. The molecule has 0 aliphatic rings. The molecule has 14 heavy (non-hydrogen) atoms. The molecule has 78 valence electrons. The third kappa shape index (κ3) is 3.13. The zero-order valence-corrected chi connectivity index (χ0v) is 8.56. The van der Waals surface area contributed by atoms with Gasteiger partial charge in [0.15, 0.2) is 0 Å². The third-order valence-electron chi connectivity index (χ3n) is 2.54. The van der Waals surface area contributed by atoms with Crippen LogP contribution in [0.4, 0.5) is 0 Å². The summed E-state index contributed by atoms with van der Waals surface area (Å²) in [7, 11) is 0. The van der Waals surface area contributed by atoms with Gasteiger partial charge in [-0.05, 0) is 18.4 Å². The Morgan fingerprint density at radius 3 is 2.36 bits per heavy atom. The number of rotatable bonds is 5. The van der Waals surface area contributed by atoms with Gasteiger partial charge >= 0.3 is 0 Å². The molecule has 2 heteroatoms. The molecule has 1 aromatic rings. The van der Waals surface area contributed by atoms with Crippen molar-refractivity contribution < 1.29 is 10.2 Å². The van der Waals surface area contributed by atoms with Crippen LogP contribution in [0.25, 0.3) is 0 Å². The highest BCUT2D eigenvalue weighted by Gasteiger charge is 2.16. The molecule has 0 amide bonds. The Balaban J connectivity index is 2.57. The highest BCUT2D eigenvalue weighted by molar-refractivity contribution is 5.15. The van der Waals surface area contributed by atoms with E-state index in [4.69, 9.17) is 5.11 Å². The molecule has 0 spiro atoms. The monoisotopic (exact) mass is 194 g/mol. The molecule has 0 aliphatic heterocycles. The lowest BCUT2D eigenvalue weighted by Crippen LogP contribution is -2.25. The van der Waals surface area contributed by atoms with Gasteiger partial charge in [0.25, 0.3) is 0 Å². The van der Waals surface area contributed by atoms with Crippen molar-refractivity contribution >= 4 is 0 Å². The molecule has 2 atom stereocenters. The number of aliphatic hydroxyl groups excluding tert-OH is 2. The van der Waals surface area contributed by atoms with Gasteiger partial charge in [-0.3, -0.25) is 0 Å². The van der Waals surface area contributed by atoms with E-state index in [1.165, 1.54) is 5.56 Å². The van der Waals surface area contributed by atoms with Crippen LogP contribution in [0.5, 0.6) is 0 Å². The van der Waals surface area contributed by atoms with E-state index in [-0.39, 0.29) is 12.5 Å². The summed E-state index contributed by atoms with van der Waals surface area (Å²) in [5.74, 6) is -0.0394. The van der Waals surface area contributed by atoms with Gasteiger partial charge in [0.05, 0.1) is 6.10 Å². The molecule has 0 radical (unpaired) electrons. The summed E-state index contributed by atoms with van der Waals surface area (Å²) in [4.78, 5) is 0. The van der Waals surface area contributed by atoms with E-state index in [1.807, 2.05) is 37.3 Å². The maximum absolute atomic E-state index is 9.62. The Labute approximate surface area is 85.2 Å². The van der Waals surface area contributed by atoms with Crippen molar-refractivity contribution in [3.8, 4) is 0 Å². The van der Waals surface area contributed by atoms with Crippen molar-refractivity contribution in [3.05, 3.63) is 35.9 Å². The van der Waals surface area contributed by atoms with Crippen LogP contribution in [-0.2, 0) is 6.42 Å². The first-order chi connectivity index (χ1) is 6.77. The number of aliphatic hydroxyl groups is 2. The molecule has 2 unspecified atom stereocenters. The van der Waals surface area contributed by atoms with Gasteiger partial charge in [0.2, 0.25) is 0 Å². The van der Waals surface area contributed by atoms with Crippen LogP contribution < -0.4 is 0 Å². The first kappa shape index (κ1) is 11.2. The normalized spacial score (nSPS) is 15.1. The van der Waals surface area contributed by atoms with Crippen molar-refractivity contribution in [1.29, 1.82) is 0 Å². The Hall–Kier alpha value is -0.860. The fourth-order valence-electron chi connectivity index (χ4n) is 1.57. The van der Waals surface area contributed by atoms with E-state index in [1.54, 1.807) is 0 Å². The first-order valence-electron chi connectivity index (χ1n) is 5.10. The van der Waals surface area contributed by atoms with Crippen molar-refractivity contribution in [2.45, 2.75) is 25.9 Å². The molecule has 0 aromatic heterocycles. The zero-order valence-electron chi connectivity index (χ0n) is 8.56. The van der Waals surface area contributed by atoms with E-state index >= 15 is 0 Å². The quantitative estimate of drug-likeness (QED) is 0.747.